The van der Waals surface area contributed by atoms with E-state index in [9.17, 15) is 0 Å². The quantitative estimate of drug-likeness (QED) is 0.802. The van der Waals surface area contributed by atoms with Crippen molar-refractivity contribution in [2.45, 2.75) is 26.8 Å². The molecule has 0 bridgehead atoms. The maximum Gasteiger partial charge on any atom is 0.0414 e. The Bertz CT molecular complexity index is 347. The van der Waals surface area contributed by atoms with E-state index >= 15 is 0 Å². The van der Waals surface area contributed by atoms with Crippen LogP contribution in [0.2, 0.25) is 0 Å². The van der Waals surface area contributed by atoms with Crippen LogP contribution in [0.1, 0.15) is 32.4 Å². The molecule has 1 aromatic carbocycles. The van der Waals surface area contributed by atoms with Crippen LogP contribution < -0.4 is 10.6 Å². The molecule has 2 N–H and O–H groups in total. The van der Waals surface area contributed by atoms with Gasteiger partial charge in [0.25, 0.3) is 0 Å². The van der Waals surface area contributed by atoms with Crippen LogP contribution >= 0.6 is 0 Å². The van der Waals surface area contributed by atoms with Crippen molar-refractivity contribution in [3.8, 4) is 0 Å². The molecule has 0 amide bonds. The van der Waals surface area contributed by atoms with Crippen LogP contribution in [0.25, 0.3) is 0 Å². The molecule has 2 nitrogen and oxygen atoms in total. The Labute approximate surface area is 92.1 Å². The largest absolute Gasteiger partial charge is 0.370 e. The summed E-state index contributed by atoms with van der Waals surface area (Å²) in [6, 6.07) is 8.57. The van der Waals surface area contributed by atoms with Crippen LogP contribution in [0.15, 0.2) is 24.3 Å². The molecule has 1 heterocycles. The fourth-order valence-corrected chi connectivity index (χ4v) is 2.32. The van der Waals surface area contributed by atoms with Gasteiger partial charge in [-0.05, 0) is 24.0 Å². The van der Waals surface area contributed by atoms with Gasteiger partial charge in [0.1, 0.15) is 0 Å². The summed E-state index contributed by atoms with van der Waals surface area (Å²) in [4.78, 5) is 2.42. The monoisotopic (exact) mass is 204 g/mol. The Morgan fingerprint density at radius 1 is 1.27 bits per heavy atom. The van der Waals surface area contributed by atoms with Crippen molar-refractivity contribution in [2.75, 3.05) is 18.0 Å². The minimum absolute atomic E-state index is 0.116. The van der Waals surface area contributed by atoms with Crippen molar-refractivity contribution >= 4 is 5.69 Å². The molecule has 0 saturated carbocycles. The van der Waals surface area contributed by atoms with E-state index in [0.717, 1.165) is 13.1 Å². The van der Waals surface area contributed by atoms with Crippen molar-refractivity contribution < 1.29 is 0 Å². The van der Waals surface area contributed by atoms with Crippen molar-refractivity contribution in [2.24, 2.45) is 11.1 Å². The molecular weight excluding hydrogens is 184 g/mol. The summed E-state index contributed by atoms with van der Waals surface area (Å²) in [5.74, 6) is 0. The molecule has 1 saturated heterocycles. The molecule has 2 heteroatoms. The highest BCUT2D eigenvalue weighted by atomic mass is 15.2. The smallest absolute Gasteiger partial charge is 0.0414 e. The molecular formula is C13H20N2. The van der Waals surface area contributed by atoms with Gasteiger partial charge in [0.2, 0.25) is 0 Å². The first-order valence-corrected chi connectivity index (χ1v) is 5.59. The molecule has 1 unspecified atom stereocenters. The van der Waals surface area contributed by atoms with Crippen molar-refractivity contribution in [1.82, 2.24) is 0 Å². The Morgan fingerprint density at radius 3 is 2.40 bits per heavy atom. The summed E-state index contributed by atoms with van der Waals surface area (Å²) >= 11 is 0. The maximum atomic E-state index is 5.97. The third-order valence-corrected chi connectivity index (χ3v) is 3.01. The summed E-state index contributed by atoms with van der Waals surface area (Å²) in [6.07, 6.45) is 0. The normalized spacial score (nSPS) is 20.9. The Balaban J connectivity index is 2.22. The van der Waals surface area contributed by atoms with E-state index in [1.54, 1.807) is 0 Å². The zero-order valence-electron chi connectivity index (χ0n) is 9.83. The van der Waals surface area contributed by atoms with Gasteiger partial charge in [-0.2, -0.15) is 0 Å². The predicted octanol–water partition coefficient (Wildman–Crippen LogP) is 2.55. The lowest BCUT2D eigenvalue weighted by Gasteiger charge is -2.48. The maximum absolute atomic E-state index is 5.97. The second kappa shape index (κ2) is 3.53. The molecule has 2 rings (SSSR count). The van der Waals surface area contributed by atoms with Crippen LogP contribution in [0.4, 0.5) is 5.69 Å². The van der Waals surface area contributed by atoms with E-state index < -0.39 is 0 Å². The van der Waals surface area contributed by atoms with Crippen molar-refractivity contribution in [1.29, 1.82) is 0 Å². The third-order valence-electron chi connectivity index (χ3n) is 3.01. The number of para-hydroxylation sites is 1. The van der Waals surface area contributed by atoms with Crippen LogP contribution in [-0.4, -0.2) is 13.1 Å². The molecule has 1 aliphatic rings. The lowest BCUT2D eigenvalue weighted by atomic mass is 9.83. The second-order valence-corrected chi connectivity index (χ2v) is 5.37. The van der Waals surface area contributed by atoms with Gasteiger partial charge in [0.05, 0.1) is 0 Å². The molecule has 1 fully saturated rings. The van der Waals surface area contributed by atoms with Gasteiger partial charge < -0.3 is 10.6 Å². The predicted molar refractivity (Wildman–Crippen MR) is 65.0 cm³/mol. The van der Waals surface area contributed by atoms with E-state index in [4.69, 9.17) is 5.73 Å². The fraction of sp³-hybridized carbons (Fsp3) is 0.538. The van der Waals surface area contributed by atoms with Crippen LogP contribution in [0, 0.1) is 5.41 Å². The molecule has 15 heavy (non-hydrogen) atoms. The lowest BCUT2D eigenvalue weighted by molar-refractivity contribution is 0.276. The second-order valence-electron chi connectivity index (χ2n) is 5.37. The number of hydrogen-bond acceptors (Lipinski definition) is 2. The standard InChI is InChI=1S/C13H20N2/c1-10(14)11-6-4-5-7-12(11)15-8-13(2,3)9-15/h4-7,10H,8-9,14H2,1-3H3. The van der Waals surface area contributed by atoms with Gasteiger partial charge in [-0.15, -0.1) is 0 Å². The average molecular weight is 204 g/mol. The first kappa shape index (κ1) is 10.5. The van der Waals surface area contributed by atoms with Crippen molar-refractivity contribution in [3.05, 3.63) is 29.8 Å². The zero-order valence-corrected chi connectivity index (χ0v) is 9.83. The summed E-state index contributed by atoms with van der Waals surface area (Å²) in [5, 5.41) is 0. The molecule has 82 valence electrons. The van der Waals surface area contributed by atoms with Crippen molar-refractivity contribution in [3.63, 3.8) is 0 Å². The summed E-state index contributed by atoms with van der Waals surface area (Å²) < 4.78 is 0. The van der Waals surface area contributed by atoms with Gasteiger partial charge in [0, 0.05) is 24.8 Å². The van der Waals surface area contributed by atoms with E-state index in [1.807, 2.05) is 6.92 Å². The van der Waals surface area contributed by atoms with E-state index in [0.29, 0.717) is 5.41 Å². The van der Waals surface area contributed by atoms with Crippen LogP contribution in [0.3, 0.4) is 0 Å². The molecule has 0 spiro atoms. The highest BCUT2D eigenvalue weighted by molar-refractivity contribution is 5.57. The molecule has 0 aliphatic carbocycles. The molecule has 1 aromatic rings. The first-order chi connectivity index (χ1) is 6.99. The number of rotatable bonds is 2. The van der Waals surface area contributed by atoms with E-state index in [-0.39, 0.29) is 6.04 Å². The number of nitrogens with two attached hydrogens (primary N) is 1. The first-order valence-electron chi connectivity index (χ1n) is 5.59. The van der Waals surface area contributed by atoms with Gasteiger partial charge >= 0.3 is 0 Å². The van der Waals surface area contributed by atoms with E-state index in [1.165, 1.54) is 11.3 Å². The number of anilines is 1. The minimum atomic E-state index is 0.116. The lowest BCUT2D eigenvalue weighted by Crippen LogP contribution is -2.53. The number of nitrogens with zero attached hydrogens (tertiary/aromatic N) is 1. The van der Waals surface area contributed by atoms with Crippen LogP contribution in [0.5, 0.6) is 0 Å². The summed E-state index contributed by atoms with van der Waals surface area (Å²) in [7, 11) is 0. The van der Waals surface area contributed by atoms with Gasteiger partial charge in [0.15, 0.2) is 0 Å². The summed E-state index contributed by atoms with van der Waals surface area (Å²) in [6.45, 7) is 8.92. The minimum Gasteiger partial charge on any atom is -0.370 e. The average Bonchev–Trinajstić information content (AvgIpc) is 2.14. The molecule has 1 aliphatic heterocycles. The highest BCUT2D eigenvalue weighted by Gasteiger charge is 2.35. The fourth-order valence-electron chi connectivity index (χ4n) is 2.32. The molecule has 0 radical (unpaired) electrons. The van der Waals surface area contributed by atoms with Gasteiger partial charge in [-0.3, -0.25) is 0 Å². The van der Waals surface area contributed by atoms with Gasteiger partial charge in [-0.25, -0.2) is 0 Å². The summed E-state index contributed by atoms with van der Waals surface area (Å²) in [5.41, 5.74) is 9.00. The van der Waals surface area contributed by atoms with E-state index in [2.05, 4.69) is 43.0 Å². The molecule has 1 atom stereocenters. The highest BCUT2D eigenvalue weighted by Crippen LogP contribution is 2.36. The zero-order chi connectivity index (χ0) is 11.1. The number of benzene rings is 1. The number of hydrogen-bond donors (Lipinski definition) is 1. The van der Waals surface area contributed by atoms with Gasteiger partial charge in [-0.1, -0.05) is 32.0 Å². The Hall–Kier alpha value is -1.02. The Kier molecular flexibility index (Phi) is 2.47. The molecule has 0 aromatic heterocycles. The van der Waals surface area contributed by atoms with Crippen LogP contribution in [-0.2, 0) is 0 Å². The topological polar surface area (TPSA) is 29.3 Å². The SMILES string of the molecule is CC(N)c1ccccc1N1CC(C)(C)C1. The Morgan fingerprint density at radius 2 is 1.87 bits per heavy atom. The third kappa shape index (κ3) is 2.00.